The van der Waals surface area contributed by atoms with Crippen molar-refractivity contribution in [2.75, 3.05) is 0 Å². The van der Waals surface area contributed by atoms with E-state index in [2.05, 4.69) is 13.8 Å². The number of nitrogens with zero attached hydrogens (tertiary/aromatic N) is 1. The second kappa shape index (κ2) is 4.77. The lowest BCUT2D eigenvalue weighted by molar-refractivity contribution is 0.0901. The molecule has 2 aromatic rings. The maximum absolute atomic E-state index is 12.5. The number of hydrogen-bond donors (Lipinski definition) is 0. The van der Waals surface area contributed by atoms with Crippen LogP contribution in [0.25, 0.3) is 10.9 Å². The quantitative estimate of drug-likeness (QED) is 0.757. The van der Waals surface area contributed by atoms with Crippen LogP contribution in [0.2, 0.25) is 5.02 Å². The fourth-order valence-corrected chi connectivity index (χ4v) is 2.27. The van der Waals surface area contributed by atoms with Crippen molar-refractivity contribution in [1.29, 1.82) is 0 Å². The molecule has 0 spiro atoms. The van der Waals surface area contributed by atoms with Gasteiger partial charge in [0.25, 0.3) is 0 Å². The second-order valence-electron chi connectivity index (χ2n) is 5.21. The van der Waals surface area contributed by atoms with Gasteiger partial charge in [-0.1, -0.05) is 38.4 Å². The molecule has 0 amide bonds. The minimum atomic E-state index is 0.0336. The molecule has 0 aliphatic carbocycles. The first-order chi connectivity index (χ1) is 8.41. The molecule has 1 aromatic carbocycles. The summed E-state index contributed by atoms with van der Waals surface area (Å²) < 4.78 is 1.96. The van der Waals surface area contributed by atoms with Crippen LogP contribution in [-0.4, -0.2) is 10.4 Å². The van der Waals surface area contributed by atoms with E-state index < -0.39 is 0 Å². The van der Waals surface area contributed by atoms with E-state index in [1.165, 1.54) is 0 Å². The van der Waals surface area contributed by atoms with Crippen LogP contribution in [0.5, 0.6) is 0 Å². The van der Waals surface area contributed by atoms with Crippen molar-refractivity contribution in [1.82, 2.24) is 4.57 Å². The van der Waals surface area contributed by atoms with E-state index in [1.54, 1.807) is 0 Å². The van der Waals surface area contributed by atoms with E-state index in [4.69, 9.17) is 11.6 Å². The van der Waals surface area contributed by atoms with Crippen molar-refractivity contribution in [2.24, 2.45) is 18.9 Å². The Morgan fingerprint density at radius 3 is 2.56 bits per heavy atom. The van der Waals surface area contributed by atoms with Crippen molar-refractivity contribution in [3.63, 3.8) is 0 Å². The molecule has 0 fully saturated rings. The predicted molar refractivity (Wildman–Crippen MR) is 76.3 cm³/mol. The van der Waals surface area contributed by atoms with Crippen LogP contribution >= 0.6 is 11.6 Å². The normalized spacial score (nSPS) is 13.2. The highest BCUT2D eigenvalue weighted by Gasteiger charge is 2.22. The van der Waals surface area contributed by atoms with Crippen LogP contribution < -0.4 is 0 Å². The number of aryl methyl sites for hydroxylation is 1. The third kappa shape index (κ3) is 2.17. The third-order valence-corrected chi connectivity index (χ3v) is 3.87. The summed E-state index contributed by atoms with van der Waals surface area (Å²) in [4.78, 5) is 12.5. The molecule has 2 nitrogen and oxygen atoms in total. The van der Waals surface area contributed by atoms with E-state index >= 15 is 0 Å². The van der Waals surface area contributed by atoms with Gasteiger partial charge in [-0.25, -0.2) is 0 Å². The van der Waals surface area contributed by atoms with Crippen molar-refractivity contribution in [2.45, 2.75) is 20.8 Å². The Balaban J connectivity index is 2.56. The van der Waals surface area contributed by atoms with Crippen LogP contribution in [-0.2, 0) is 7.05 Å². The van der Waals surface area contributed by atoms with Gasteiger partial charge in [0.2, 0.25) is 0 Å². The van der Waals surface area contributed by atoms with Crippen LogP contribution in [0.15, 0.2) is 24.4 Å². The fourth-order valence-electron chi connectivity index (χ4n) is 2.10. The smallest absolute Gasteiger partial charge is 0.168 e. The van der Waals surface area contributed by atoms with Crippen LogP contribution in [0, 0.1) is 11.8 Å². The van der Waals surface area contributed by atoms with Crippen LogP contribution in [0.4, 0.5) is 0 Å². The summed E-state index contributed by atoms with van der Waals surface area (Å²) in [5.74, 6) is 0.587. The molecule has 0 saturated heterocycles. The van der Waals surface area contributed by atoms with E-state index in [9.17, 15) is 4.79 Å². The zero-order chi connectivity index (χ0) is 13.4. The van der Waals surface area contributed by atoms with Crippen LogP contribution in [0.3, 0.4) is 0 Å². The molecule has 3 heteroatoms. The third-order valence-electron chi connectivity index (χ3n) is 3.63. The number of benzene rings is 1. The average Bonchev–Trinajstić information content (AvgIpc) is 2.64. The number of hydrogen-bond acceptors (Lipinski definition) is 1. The van der Waals surface area contributed by atoms with E-state index in [1.807, 2.05) is 42.9 Å². The Morgan fingerprint density at radius 1 is 1.28 bits per heavy atom. The molecule has 1 aromatic heterocycles. The molecule has 1 unspecified atom stereocenters. The molecular weight excluding hydrogens is 246 g/mol. The zero-order valence-corrected chi connectivity index (χ0v) is 12.0. The Hall–Kier alpha value is -1.28. The first-order valence-electron chi connectivity index (χ1n) is 6.20. The summed E-state index contributed by atoms with van der Waals surface area (Å²) in [5.41, 5.74) is 1.80. The topological polar surface area (TPSA) is 22.0 Å². The molecule has 18 heavy (non-hydrogen) atoms. The van der Waals surface area contributed by atoms with E-state index in [0.29, 0.717) is 10.9 Å². The number of carbonyl (C=O) groups is 1. The highest BCUT2D eigenvalue weighted by molar-refractivity contribution is 6.31. The number of aromatic nitrogens is 1. The van der Waals surface area contributed by atoms with E-state index in [-0.39, 0.29) is 11.7 Å². The van der Waals surface area contributed by atoms with Crippen molar-refractivity contribution >= 4 is 28.3 Å². The average molecular weight is 264 g/mol. The van der Waals surface area contributed by atoms with Gasteiger partial charge in [-0.3, -0.25) is 4.79 Å². The van der Waals surface area contributed by atoms with Crippen molar-refractivity contribution < 1.29 is 4.79 Å². The highest BCUT2D eigenvalue weighted by Crippen LogP contribution is 2.27. The Bertz CT molecular complexity index is 598. The molecule has 1 atom stereocenters. The Kier molecular flexibility index (Phi) is 3.49. The zero-order valence-electron chi connectivity index (χ0n) is 11.2. The van der Waals surface area contributed by atoms with Gasteiger partial charge >= 0.3 is 0 Å². The summed E-state index contributed by atoms with van der Waals surface area (Å²) in [6, 6.07) is 5.66. The van der Waals surface area contributed by atoms with Crippen molar-refractivity contribution in [3.8, 4) is 0 Å². The molecule has 2 rings (SSSR count). The number of carbonyl (C=O) groups excluding carboxylic acids is 1. The number of ketones is 1. The van der Waals surface area contributed by atoms with Gasteiger partial charge in [-0.05, 0) is 18.1 Å². The van der Waals surface area contributed by atoms with Crippen LogP contribution in [0.1, 0.15) is 31.1 Å². The monoisotopic (exact) mass is 263 g/mol. The fraction of sp³-hybridized carbons (Fsp3) is 0.400. The minimum absolute atomic E-state index is 0.0336. The number of fused-ring (bicyclic) bond motifs is 1. The van der Waals surface area contributed by atoms with Gasteiger partial charge in [-0.2, -0.15) is 0 Å². The van der Waals surface area contributed by atoms with Crippen molar-refractivity contribution in [3.05, 3.63) is 35.0 Å². The predicted octanol–water partition coefficient (Wildman–Crippen LogP) is 4.31. The van der Waals surface area contributed by atoms with Gasteiger partial charge in [0.15, 0.2) is 5.78 Å². The molecule has 0 N–H and O–H groups in total. The van der Waals surface area contributed by atoms with Gasteiger partial charge in [0.05, 0.1) is 0 Å². The molecule has 1 heterocycles. The number of Topliss-reactive ketones (excluding diaryl/α,β-unsaturated/α-hetero) is 1. The number of halogens is 1. The molecule has 0 aliphatic rings. The summed E-state index contributed by atoms with van der Waals surface area (Å²) in [5, 5.41) is 1.68. The Labute approximate surface area is 113 Å². The van der Waals surface area contributed by atoms with Gasteiger partial charge in [0, 0.05) is 40.7 Å². The SMILES string of the molecule is CC(C)C(C)C(=O)c1cn(C)c2cc(Cl)ccc12. The standard InChI is InChI=1S/C15H18ClNO/c1-9(2)10(3)15(18)13-8-17(4)14-7-11(16)5-6-12(13)14/h5-10H,1-4H3. The lowest BCUT2D eigenvalue weighted by Gasteiger charge is -2.13. The number of rotatable bonds is 3. The van der Waals surface area contributed by atoms with Gasteiger partial charge in [0.1, 0.15) is 0 Å². The molecular formula is C15H18ClNO. The maximum atomic E-state index is 12.5. The first kappa shape index (κ1) is 13.2. The lowest BCUT2D eigenvalue weighted by atomic mass is 9.90. The molecule has 0 bridgehead atoms. The lowest BCUT2D eigenvalue weighted by Crippen LogP contribution is -2.16. The van der Waals surface area contributed by atoms with E-state index in [0.717, 1.165) is 16.5 Å². The molecule has 0 aliphatic heterocycles. The summed E-state index contributed by atoms with van der Waals surface area (Å²) in [6.07, 6.45) is 1.90. The Morgan fingerprint density at radius 2 is 1.94 bits per heavy atom. The summed E-state index contributed by atoms with van der Waals surface area (Å²) in [7, 11) is 1.94. The minimum Gasteiger partial charge on any atom is -0.350 e. The second-order valence-corrected chi connectivity index (χ2v) is 5.65. The highest BCUT2D eigenvalue weighted by atomic mass is 35.5. The largest absolute Gasteiger partial charge is 0.350 e. The first-order valence-corrected chi connectivity index (χ1v) is 6.58. The van der Waals surface area contributed by atoms with Gasteiger partial charge < -0.3 is 4.57 Å². The molecule has 0 saturated carbocycles. The maximum Gasteiger partial charge on any atom is 0.168 e. The summed E-state index contributed by atoms with van der Waals surface area (Å²) >= 11 is 5.99. The molecule has 0 radical (unpaired) electrons. The molecule has 96 valence electrons. The summed E-state index contributed by atoms with van der Waals surface area (Å²) in [6.45, 7) is 6.14. The van der Waals surface area contributed by atoms with Gasteiger partial charge in [-0.15, -0.1) is 0 Å².